The highest BCUT2D eigenvalue weighted by atomic mass is 79.9. The molecule has 0 spiro atoms. The summed E-state index contributed by atoms with van der Waals surface area (Å²) in [4.78, 5) is 31.1. The molecule has 1 N–H and O–H groups in total. The number of hydrogen-bond donors (Lipinski definition) is 1. The molecule has 0 amide bonds. The largest absolute Gasteiger partial charge is 0.355 e. The van der Waals surface area contributed by atoms with E-state index in [0.29, 0.717) is 22.3 Å². The Morgan fingerprint density at radius 2 is 0.417 bits per heavy atom. The summed E-state index contributed by atoms with van der Waals surface area (Å²) in [6.45, 7) is 0. The summed E-state index contributed by atoms with van der Waals surface area (Å²) < 4.78 is 1.94. The first-order valence-electron chi connectivity index (χ1n) is 36.3. The molecule has 7 heteroatoms. The fraction of sp³-hybridized carbons (Fsp3) is 0.0297. The molecule has 0 aromatic heterocycles. The van der Waals surface area contributed by atoms with Crippen LogP contribution in [0.25, 0.3) is 0 Å². The summed E-state index contributed by atoms with van der Waals surface area (Å²) in [5.74, 6) is 0.0198. The van der Waals surface area contributed by atoms with Crippen molar-refractivity contribution in [1.29, 1.82) is 0 Å². The number of halogens is 2. The second-order valence-corrected chi connectivity index (χ2v) is 29.0. The number of nitrogens with one attached hydrogen (secondary N) is 1. The van der Waals surface area contributed by atoms with E-state index in [9.17, 15) is 9.59 Å². The summed E-state index contributed by atoms with van der Waals surface area (Å²) in [5.41, 5.74) is 24.8. The zero-order valence-electron chi connectivity index (χ0n) is 58.9. The Hall–Kier alpha value is -12.8. The molecular formula is C101H73Br2N3O2. The molecule has 0 saturated heterocycles. The third-order valence-corrected chi connectivity index (χ3v) is 22.4. The van der Waals surface area contributed by atoms with E-state index in [0.717, 1.165) is 43.1 Å². The van der Waals surface area contributed by atoms with Crippen LogP contribution < -0.4 is 15.1 Å². The Bertz CT molecular complexity index is 5350. The van der Waals surface area contributed by atoms with Gasteiger partial charge < -0.3 is 15.1 Å². The Kier molecular flexibility index (Phi) is 18.8. The van der Waals surface area contributed by atoms with Crippen molar-refractivity contribution in [3.05, 3.63) is 523 Å². The highest BCUT2D eigenvalue weighted by Crippen LogP contribution is 2.60. The standard InChI is InChI=1S/C63H44N2O.C25H19N.C13H8Br2O.H2/c66-61(45-37-41-51(42-38-45)64-57-33-17-13-29-53(57)62(47-21-5-1-6-22-47,48-23-7-2-8-24-48)54-30-14-18-34-58(54)64)46-39-43-52(44-40-46)65-59-35-19-15-31-55(59)63(49-25-9-3-10-26-49,50-27-11-4-12-28-50)56-32-16-20-36-60(56)65;1-3-11-19(12-4-1)25(20-13-5-2-6-14-20)21-15-7-9-17-23(21)26-24-18-10-8-16-22(24)25;14-11-5-1-9(2-6-11)13(16)10-3-7-12(15)8-4-10;/h1-44H;1-18,26H;1-8H;1H. The van der Waals surface area contributed by atoms with E-state index in [1.165, 1.54) is 78.1 Å². The number of carbonyl (C=O) groups excluding carboxylic acids is 2. The predicted molar refractivity (Wildman–Crippen MR) is 451 cm³/mol. The van der Waals surface area contributed by atoms with Gasteiger partial charge in [-0.25, -0.2) is 0 Å². The molecule has 0 aliphatic carbocycles. The van der Waals surface area contributed by atoms with E-state index >= 15 is 0 Å². The van der Waals surface area contributed by atoms with E-state index in [4.69, 9.17) is 0 Å². The van der Waals surface area contributed by atoms with Gasteiger partial charge in [-0.1, -0.05) is 323 Å². The van der Waals surface area contributed by atoms with Crippen molar-refractivity contribution in [2.24, 2.45) is 0 Å². The molecule has 3 aliphatic heterocycles. The second-order valence-electron chi connectivity index (χ2n) is 27.2. The van der Waals surface area contributed by atoms with Crippen LogP contribution in [-0.4, -0.2) is 11.6 Å². The van der Waals surface area contributed by atoms with Crippen molar-refractivity contribution in [1.82, 2.24) is 0 Å². The fourth-order valence-electron chi connectivity index (χ4n) is 16.7. The number of anilines is 8. The highest BCUT2D eigenvalue weighted by molar-refractivity contribution is 9.10. The number of para-hydroxylation sites is 6. The first-order chi connectivity index (χ1) is 53.3. The molecule has 0 saturated carbocycles. The maximum atomic E-state index is 14.4. The topological polar surface area (TPSA) is 52.7 Å². The van der Waals surface area contributed by atoms with Crippen molar-refractivity contribution in [2.75, 3.05) is 15.1 Å². The zero-order chi connectivity index (χ0) is 73.0. The quantitative estimate of drug-likeness (QED) is 0.124. The first-order valence-corrected chi connectivity index (χ1v) is 37.9. The average molecular weight is 1520 g/mol. The fourth-order valence-corrected chi connectivity index (χ4v) is 17.3. The van der Waals surface area contributed by atoms with E-state index in [2.05, 4.69) is 399 Å². The van der Waals surface area contributed by atoms with Gasteiger partial charge in [0.2, 0.25) is 0 Å². The molecule has 0 atom stereocenters. The van der Waals surface area contributed by atoms with Crippen LogP contribution in [0.3, 0.4) is 0 Å². The maximum Gasteiger partial charge on any atom is 0.193 e. The zero-order valence-corrected chi connectivity index (χ0v) is 62.1. The summed E-state index contributed by atoms with van der Waals surface area (Å²) in [6.07, 6.45) is 0. The molecule has 0 unspecified atom stereocenters. The third kappa shape index (κ3) is 12.0. The van der Waals surface area contributed by atoms with E-state index < -0.39 is 10.8 Å². The van der Waals surface area contributed by atoms with Gasteiger partial charge in [0, 0.05) is 55.4 Å². The minimum Gasteiger partial charge on any atom is -0.355 e. The van der Waals surface area contributed by atoms with Crippen molar-refractivity contribution < 1.29 is 11.0 Å². The molecule has 3 heterocycles. The van der Waals surface area contributed by atoms with E-state index in [1.54, 1.807) is 0 Å². The van der Waals surface area contributed by atoms with Crippen LogP contribution >= 0.6 is 31.9 Å². The number of benzene rings is 16. The number of carbonyl (C=O) groups is 2. The van der Waals surface area contributed by atoms with Crippen molar-refractivity contribution >= 4 is 88.9 Å². The van der Waals surface area contributed by atoms with Crippen molar-refractivity contribution in [3.8, 4) is 0 Å². The van der Waals surface area contributed by atoms with Crippen LogP contribution in [0.4, 0.5) is 45.5 Å². The molecule has 0 bridgehead atoms. The Labute approximate surface area is 649 Å². The summed E-state index contributed by atoms with van der Waals surface area (Å²) in [5, 5.41) is 3.63. The van der Waals surface area contributed by atoms with E-state index in [1.807, 2.05) is 72.8 Å². The smallest absolute Gasteiger partial charge is 0.193 e. The van der Waals surface area contributed by atoms with Gasteiger partial charge in [-0.2, -0.15) is 0 Å². The molecule has 5 nitrogen and oxygen atoms in total. The maximum absolute atomic E-state index is 14.4. The van der Waals surface area contributed by atoms with Gasteiger partial charge in [0.1, 0.15) is 0 Å². The summed E-state index contributed by atoms with van der Waals surface area (Å²) >= 11 is 6.69. The molecule has 3 aliphatic rings. The van der Waals surface area contributed by atoms with Gasteiger partial charge in [-0.15, -0.1) is 0 Å². The molecule has 16 aromatic rings. The van der Waals surface area contributed by atoms with Crippen LogP contribution in [0.5, 0.6) is 0 Å². The van der Waals surface area contributed by atoms with Gasteiger partial charge in [-0.05, 0) is 200 Å². The van der Waals surface area contributed by atoms with E-state index in [-0.39, 0.29) is 18.4 Å². The molecular weight excluding hydrogens is 1450 g/mol. The van der Waals surface area contributed by atoms with Crippen LogP contribution in [0.2, 0.25) is 0 Å². The number of rotatable bonds is 12. The Morgan fingerprint density at radius 3 is 0.667 bits per heavy atom. The Morgan fingerprint density at radius 1 is 0.222 bits per heavy atom. The molecule has 0 fully saturated rings. The lowest BCUT2D eigenvalue weighted by Gasteiger charge is -2.46. The minimum atomic E-state index is -0.542. The monoisotopic (exact) mass is 1520 g/mol. The minimum absolute atomic E-state index is 0. The van der Waals surface area contributed by atoms with Crippen LogP contribution in [0, 0.1) is 0 Å². The van der Waals surface area contributed by atoms with Crippen LogP contribution in [0.1, 0.15) is 100 Å². The molecule has 0 radical (unpaired) electrons. The van der Waals surface area contributed by atoms with Crippen molar-refractivity contribution in [2.45, 2.75) is 16.2 Å². The Balaban J connectivity index is 0.000000170. The number of fused-ring (bicyclic) bond motifs is 6. The lowest BCUT2D eigenvalue weighted by atomic mass is 9.62. The third-order valence-electron chi connectivity index (χ3n) is 21.4. The SMILES string of the molecule is O=C(c1ccc(Br)cc1)c1ccc(Br)cc1.O=C(c1ccc(N2c3ccccc3C(c3ccccc3)(c3ccccc3)c3ccccc32)cc1)c1ccc(N2c3ccccc3C(c3ccccc3)(c3ccccc3)c3ccccc32)cc1.[HH].c1ccc(C2(c3ccccc3)c3ccccc3Nc3ccccc32)cc1. The number of hydrogen-bond acceptors (Lipinski definition) is 5. The highest BCUT2D eigenvalue weighted by Gasteiger charge is 2.49. The van der Waals surface area contributed by atoms with Crippen LogP contribution in [0.15, 0.2) is 434 Å². The molecule has 108 heavy (non-hydrogen) atoms. The number of nitrogens with zero attached hydrogens (tertiary/aromatic N) is 2. The summed E-state index contributed by atoms with van der Waals surface area (Å²) in [6, 6.07) is 148. The average Bonchev–Trinajstić information content (AvgIpc) is 0.708. The predicted octanol–water partition coefficient (Wildman–Crippen LogP) is 26.1. The second kappa shape index (κ2) is 29.6. The van der Waals surface area contributed by atoms with Gasteiger partial charge in [0.05, 0.1) is 39.0 Å². The van der Waals surface area contributed by atoms with Gasteiger partial charge >= 0.3 is 0 Å². The lowest BCUT2D eigenvalue weighted by Crippen LogP contribution is -2.37. The molecule has 19 rings (SSSR count). The molecule has 16 aromatic carbocycles. The normalized spacial score (nSPS) is 13.4. The number of ketones is 2. The summed E-state index contributed by atoms with van der Waals surface area (Å²) in [7, 11) is 0. The lowest BCUT2D eigenvalue weighted by molar-refractivity contribution is 0.103. The van der Waals surface area contributed by atoms with Crippen molar-refractivity contribution in [3.63, 3.8) is 0 Å². The van der Waals surface area contributed by atoms with Crippen LogP contribution in [-0.2, 0) is 16.2 Å². The van der Waals surface area contributed by atoms with Gasteiger partial charge in [-0.3, -0.25) is 9.59 Å². The van der Waals surface area contributed by atoms with Gasteiger partial charge in [0.25, 0.3) is 0 Å². The molecule has 518 valence electrons. The first kappa shape index (κ1) is 68.3. The van der Waals surface area contributed by atoms with Gasteiger partial charge in [0.15, 0.2) is 11.6 Å².